The van der Waals surface area contributed by atoms with E-state index in [2.05, 4.69) is 10.2 Å². The van der Waals surface area contributed by atoms with E-state index in [-0.39, 0.29) is 11.9 Å². The predicted octanol–water partition coefficient (Wildman–Crippen LogP) is 1.13. The molecule has 1 aliphatic rings. The van der Waals surface area contributed by atoms with Crippen molar-refractivity contribution in [1.82, 2.24) is 15.1 Å². The lowest BCUT2D eigenvalue weighted by molar-refractivity contribution is 0.0741. The molecule has 5 nitrogen and oxygen atoms in total. The van der Waals surface area contributed by atoms with Crippen LogP contribution < -0.4 is 5.73 Å². The van der Waals surface area contributed by atoms with Gasteiger partial charge in [-0.2, -0.15) is 5.10 Å². The van der Waals surface area contributed by atoms with E-state index >= 15 is 0 Å². The third kappa shape index (κ3) is 1.76. The zero-order valence-corrected chi connectivity index (χ0v) is 10.1. The van der Waals surface area contributed by atoms with Crippen LogP contribution in [0.5, 0.6) is 0 Å². The molecule has 2 heterocycles. The van der Waals surface area contributed by atoms with Crippen LogP contribution >= 0.6 is 0 Å². The second-order valence-corrected chi connectivity index (χ2v) is 4.70. The molecule has 1 aliphatic heterocycles. The number of aromatic nitrogens is 2. The number of benzene rings is 1. The predicted molar refractivity (Wildman–Crippen MR) is 69.2 cm³/mol. The summed E-state index contributed by atoms with van der Waals surface area (Å²) in [6.45, 7) is 1.35. The lowest BCUT2D eigenvalue weighted by atomic mass is 10.1. The maximum atomic E-state index is 12.4. The van der Waals surface area contributed by atoms with Crippen molar-refractivity contribution in [3.63, 3.8) is 0 Å². The zero-order valence-electron chi connectivity index (χ0n) is 10.1. The summed E-state index contributed by atoms with van der Waals surface area (Å²) in [5.74, 6) is 0.0750. The first kappa shape index (κ1) is 11.2. The van der Waals surface area contributed by atoms with Gasteiger partial charge < -0.3 is 10.6 Å². The van der Waals surface area contributed by atoms with Gasteiger partial charge >= 0.3 is 0 Å². The fraction of sp³-hybridized carbons (Fsp3) is 0.385. The molecule has 1 aromatic carbocycles. The second-order valence-electron chi connectivity index (χ2n) is 4.70. The molecule has 1 atom stereocenters. The lowest BCUT2D eigenvalue weighted by Crippen LogP contribution is -2.39. The molecule has 0 aliphatic carbocycles. The molecule has 0 radical (unpaired) electrons. The normalized spacial score (nSPS) is 19.6. The molecule has 0 spiro atoms. The van der Waals surface area contributed by atoms with Gasteiger partial charge in [0.1, 0.15) is 0 Å². The maximum absolute atomic E-state index is 12.4. The van der Waals surface area contributed by atoms with Gasteiger partial charge in [-0.3, -0.25) is 9.89 Å². The number of nitrogens with one attached hydrogen (secondary N) is 1. The molecule has 94 valence electrons. The minimum atomic E-state index is 0.0750. The first-order chi connectivity index (χ1) is 8.79. The Morgan fingerprint density at radius 1 is 1.56 bits per heavy atom. The second kappa shape index (κ2) is 4.42. The summed E-state index contributed by atoms with van der Waals surface area (Å²) in [7, 11) is 0. The zero-order chi connectivity index (χ0) is 12.5. The summed E-state index contributed by atoms with van der Waals surface area (Å²) in [6, 6.07) is 5.81. The number of rotatable bonds is 2. The highest BCUT2D eigenvalue weighted by molar-refractivity contribution is 5.98. The molecule has 3 rings (SSSR count). The number of carbonyl (C=O) groups excluding carboxylic acids is 1. The van der Waals surface area contributed by atoms with E-state index in [0.29, 0.717) is 12.1 Å². The van der Waals surface area contributed by atoms with Crippen LogP contribution in [0, 0.1) is 0 Å². The minimum Gasteiger partial charge on any atom is -0.334 e. The summed E-state index contributed by atoms with van der Waals surface area (Å²) >= 11 is 0. The molecule has 1 aromatic heterocycles. The smallest absolute Gasteiger partial charge is 0.254 e. The van der Waals surface area contributed by atoms with E-state index < -0.39 is 0 Å². The summed E-state index contributed by atoms with van der Waals surface area (Å²) < 4.78 is 0. The third-order valence-electron chi connectivity index (χ3n) is 3.60. The number of H-pyrrole nitrogens is 1. The molecule has 0 unspecified atom stereocenters. The maximum Gasteiger partial charge on any atom is 0.254 e. The monoisotopic (exact) mass is 244 g/mol. The Labute approximate surface area is 105 Å². The third-order valence-corrected chi connectivity index (χ3v) is 3.60. The highest BCUT2D eigenvalue weighted by Crippen LogP contribution is 2.21. The molecular formula is C13H16N4O. The first-order valence-corrected chi connectivity index (χ1v) is 6.24. The van der Waals surface area contributed by atoms with Crippen molar-refractivity contribution in [3.05, 3.63) is 30.0 Å². The van der Waals surface area contributed by atoms with Gasteiger partial charge in [0.05, 0.1) is 11.7 Å². The molecular weight excluding hydrogens is 228 g/mol. The highest BCUT2D eigenvalue weighted by atomic mass is 16.2. The highest BCUT2D eigenvalue weighted by Gasteiger charge is 2.28. The summed E-state index contributed by atoms with van der Waals surface area (Å²) in [4.78, 5) is 14.3. The molecule has 1 amide bonds. The van der Waals surface area contributed by atoms with E-state index in [1.165, 1.54) is 0 Å². The summed E-state index contributed by atoms with van der Waals surface area (Å²) in [5.41, 5.74) is 7.37. The van der Waals surface area contributed by atoms with E-state index in [1.54, 1.807) is 6.20 Å². The molecule has 0 bridgehead atoms. The largest absolute Gasteiger partial charge is 0.334 e. The van der Waals surface area contributed by atoms with E-state index in [4.69, 9.17) is 5.73 Å². The fourth-order valence-corrected chi connectivity index (χ4v) is 2.59. The van der Waals surface area contributed by atoms with Crippen molar-refractivity contribution >= 4 is 16.8 Å². The van der Waals surface area contributed by atoms with Gasteiger partial charge in [-0.15, -0.1) is 0 Å². The van der Waals surface area contributed by atoms with Crippen molar-refractivity contribution in [2.45, 2.75) is 18.9 Å². The molecule has 1 fully saturated rings. The van der Waals surface area contributed by atoms with Crippen LogP contribution in [0.15, 0.2) is 24.4 Å². The minimum absolute atomic E-state index is 0.0750. The molecule has 2 aromatic rings. The topological polar surface area (TPSA) is 75.0 Å². The van der Waals surface area contributed by atoms with Crippen molar-refractivity contribution < 1.29 is 4.79 Å². The quantitative estimate of drug-likeness (QED) is 0.831. The van der Waals surface area contributed by atoms with Crippen molar-refractivity contribution in [2.75, 3.05) is 13.1 Å². The number of likely N-dealkylation sites (tertiary alicyclic amines) is 1. The number of amides is 1. The number of carbonyl (C=O) groups is 1. The molecule has 18 heavy (non-hydrogen) atoms. The Morgan fingerprint density at radius 3 is 3.28 bits per heavy atom. The summed E-state index contributed by atoms with van der Waals surface area (Å²) in [5, 5.41) is 7.80. The van der Waals surface area contributed by atoms with Crippen LogP contribution in [0.2, 0.25) is 0 Å². The van der Waals surface area contributed by atoms with Crippen LogP contribution in [0.4, 0.5) is 0 Å². The van der Waals surface area contributed by atoms with Gasteiger partial charge in [0, 0.05) is 30.1 Å². The fourth-order valence-electron chi connectivity index (χ4n) is 2.59. The van der Waals surface area contributed by atoms with Gasteiger partial charge in [-0.1, -0.05) is 0 Å². The van der Waals surface area contributed by atoms with Crippen LogP contribution in [-0.4, -0.2) is 40.1 Å². The SMILES string of the molecule is NC[C@@H]1CCCN1C(=O)c1ccc2[nH]ncc2c1. The number of nitrogens with zero attached hydrogens (tertiary/aromatic N) is 2. The number of nitrogens with two attached hydrogens (primary N) is 1. The standard InChI is InChI=1S/C13H16N4O/c14-7-11-2-1-5-17(11)13(18)9-3-4-12-10(6-9)8-15-16-12/h3-4,6,8,11H,1-2,5,7,14H2,(H,15,16)/t11-/m0/s1. The lowest BCUT2D eigenvalue weighted by Gasteiger charge is -2.23. The van der Waals surface area contributed by atoms with E-state index in [9.17, 15) is 4.79 Å². The molecule has 5 heteroatoms. The number of aromatic amines is 1. The molecule has 1 saturated heterocycles. The van der Waals surface area contributed by atoms with Crippen LogP contribution in [0.1, 0.15) is 23.2 Å². The van der Waals surface area contributed by atoms with Gasteiger partial charge in [-0.25, -0.2) is 0 Å². The summed E-state index contributed by atoms with van der Waals surface area (Å²) in [6.07, 6.45) is 3.79. The van der Waals surface area contributed by atoms with Crippen molar-refractivity contribution in [1.29, 1.82) is 0 Å². The van der Waals surface area contributed by atoms with Crippen LogP contribution in [0.3, 0.4) is 0 Å². The van der Waals surface area contributed by atoms with Gasteiger partial charge in [0.2, 0.25) is 0 Å². The Balaban J connectivity index is 1.91. The molecule has 3 N–H and O–H groups in total. The van der Waals surface area contributed by atoms with Gasteiger partial charge in [0.25, 0.3) is 5.91 Å². The Morgan fingerprint density at radius 2 is 2.44 bits per heavy atom. The van der Waals surface area contributed by atoms with Crippen LogP contribution in [-0.2, 0) is 0 Å². The Kier molecular flexibility index (Phi) is 2.76. The Bertz CT molecular complexity index is 577. The Hall–Kier alpha value is -1.88. The number of hydrogen-bond donors (Lipinski definition) is 2. The average molecular weight is 244 g/mol. The number of hydrogen-bond acceptors (Lipinski definition) is 3. The van der Waals surface area contributed by atoms with Gasteiger partial charge in [0.15, 0.2) is 0 Å². The first-order valence-electron chi connectivity index (χ1n) is 6.24. The van der Waals surface area contributed by atoms with Crippen molar-refractivity contribution in [2.24, 2.45) is 5.73 Å². The van der Waals surface area contributed by atoms with Crippen LogP contribution in [0.25, 0.3) is 10.9 Å². The van der Waals surface area contributed by atoms with Gasteiger partial charge in [-0.05, 0) is 31.0 Å². The molecule has 0 saturated carbocycles. The number of fused-ring (bicyclic) bond motifs is 1. The van der Waals surface area contributed by atoms with E-state index in [1.807, 2.05) is 23.1 Å². The average Bonchev–Trinajstić information content (AvgIpc) is 3.05. The van der Waals surface area contributed by atoms with Crippen molar-refractivity contribution in [3.8, 4) is 0 Å². The van der Waals surface area contributed by atoms with E-state index in [0.717, 1.165) is 30.3 Å².